The van der Waals surface area contributed by atoms with Gasteiger partial charge in [-0.25, -0.2) is 0 Å². The molecular weight excluding hydrogens is 172 g/mol. The molecule has 1 atom stereocenters. The van der Waals surface area contributed by atoms with Crippen LogP contribution in [-0.4, -0.2) is 36.1 Å². The molecule has 2 heteroatoms. The van der Waals surface area contributed by atoms with Crippen LogP contribution in [0.25, 0.3) is 0 Å². The summed E-state index contributed by atoms with van der Waals surface area (Å²) < 4.78 is 0. The monoisotopic (exact) mass is 196 g/mol. The fourth-order valence-corrected chi connectivity index (χ4v) is 3.01. The minimum absolute atomic E-state index is 0.598. The smallest absolute Gasteiger partial charge is 0.0207 e. The van der Waals surface area contributed by atoms with Gasteiger partial charge in [0.15, 0.2) is 0 Å². The standard InChI is InChI=1S/C12H24N2/c1-3-12(6-4-7-12)14-9-5-8-13-11(2)10-14/h11,13H,3-10H2,1-2H3. The number of hydrogen-bond donors (Lipinski definition) is 1. The lowest BCUT2D eigenvalue weighted by molar-refractivity contribution is 0.0123. The van der Waals surface area contributed by atoms with Crippen LogP contribution in [0.3, 0.4) is 0 Å². The van der Waals surface area contributed by atoms with Crippen LogP contribution >= 0.6 is 0 Å². The maximum absolute atomic E-state index is 3.58. The van der Waals surface area contributed by atoms with Crippen molar-refractivity contribution in [3.8, 4) is 0 Å². The summed E-state index contributed by atoms with van der Waals surface area (Å²) in [6.45, 7) is 8.46. The van der Waals surface area contributed by atoms with Gasteiger partial charge < -0.3 is 5.32 Å². The van der Waals surface area contributed by atoms with E-state index in [4.69, 9.17) is 0 Å². The SMILES string of the molecule is CCC1(N2CCCNC(C)C2)CCC1. The van der Waals surface area contributed by atoms with Gasteiger partial charge in [0.25, 0.3) is 0 Å². The molecule has 0 aromatic rings. The van der Waals surface area contributed by atoms with E-state index in [0.29, 0.717) is 11.6 Å². The first-order valence-electron chi connectivity index (χ1n) is 6.25. The molecule has 2 aliphatic rings. The summed E-state index contributed by atoms with van der Waals surface area (Å²) in [6, 6.07) is 0.682. The number of hydrogen-bond acceptors (Lipinski definition) is 2. The van der Waals surface area contributed by atoms with Crippen molar-refractivity contribution in [2.75, 3.05) is 19.6 Å². The third-order valence-electron chi connectivity index (χ3n) is 4.21. The highest BCUT2D eigenvalue weighted by Crippen LogP contribution is 2.40. The fourth-order valence-electron chi connectivity index (χ4n) is 3.01. The lowest BCUT2D eigenvalue weighted by Gasteiger charge is -2.50. The van der Waals surface area contributed by atoms with Crippen LogP contribution in [-0.2, 0) is 0 Å². The molecule has 1 aliphatic carbocycles. The topological polar surface area (TPSA) is 15.3 Å². The summed E-state index contributed by atoms with van der Waals surface area (Å²) in [7, 11) is 0. The van der Waals surface area contributed by atoms with Crippen molar-refractivity contribution in [1.82, 2.24) is 10.2 Å². The Labute approximate surface area is 88.1 Å². The molecule has 0 bridgehead atoms. The van der Waals surface area contributed by atoms with Crippen molar-refractivity contribution in [2.24, 2.45) is 0 Å². The molecule has 2 fully saturated rings. The molecule has 1 saturated carbocycles. The Hall–Kier alpha value is -0.0800. The van der Waals surface area contributed by atoms with Crippen molar-refractivity contribution in [2.45, 2.75) is 57.5 Å². The van der Waals surface area contributed by atoms with E-state index in [1.54, 1.807) is 0 Å². The minimum Gasteiger partial charge on any atom is -0.313 e. The van der Waals surface area contributed by atoms with Gasteiger partial charge in [-0.05, 0) is 52.1 Å². The highest BCUT2D eigenvalue weighted by Gasteiger charge is 2.41. The summed E-state index contributed by atoms with van der Waals surface area (Å²) in [6.07, 6.45) is 7.00. The molecule has 0 aromatic heterocycles. The van der Waals surface area contributed by atoms with Gasteiger partial charge >= 0.3 is 0 Å². The van der Waals surface area contributed by atoms with Gasteiger partial charge in [0.05, 0.1) is 0 Å². The number of nitrogens with one attached hydrogen (secondary N) is 1. The van der Waals surface area contributed by atoms with Crippen LogP contribution in [0, 0.1) is 0 Å². The van der Waals surface area contributed by atoms with Gasteiger partial charge in [0.1, 0.15) is 0 Å². The van der Waals surface area contributed by atoms with E-state index in [1.807, 2.05) is 0 Å². The molecule has 82 valence electrons. The quantitative estimate of drug-likeness (QED) is 0.727. The first kappa shape index (κ1) is 10.4. The Morgan fingerprint density at radius 1 is 1.36 bits per heavy atom. The lowest BCUT2D eigenvalue weighted by Crippen LogP contribution is -2.55. The van der Waals surface area contributed by atoms with Gasteiger partial charge in [-0.3, -0.25) is 4.90 Å². The molecule has 1 heterocycles. The molecule has 0 radical (unpaired) electrons. The zero-order valence-corrected chi connectivity index (χ0v) is 9.68. The third-order valence-corrected chi connectivity index (χ3v) is 4.21. The average molecular weight is 196 g/mol. The van der Waals surface area contributed by atoms with E-state index in [-0.39, 0.29) is 0 Å². The highest BCUT2D eigenvalue weighted by molar-refractivity contribution is 4.98. The molecule has 1 N–H and O–H groups in total. The Morgan fingerprint density at radius 2 is 2.14 bits per heavy atom. The molecule has 0 spiro atoms. The first-order chi connectivity index (χ1) is 6.77. The predicted octanol–water partition coefficient (Wildman–Crippen LogP) is 2.00. The summed E-state index contributed by atoms with van der Waals surface area (Å²) in [4.78, 5) is 2.77. The first-order valence-corrected chi connectivity index (χ1v) is 6.25. The second kappa shape index (κ2) is 4.19. The van der Waals surface area contributed by atoms with Crippen LogP contribution in [0.5, 0.6) is 0 Å². The third kappa shape index (κ3) is 1.82. The Kier molecular flexibility index (Phi) is 3.13. The van der Waals surface area contributed by atoms with Crippen molar-refractivity contribution < 1.29 is 0 Å². The van der Waals surface area contributed by atoms with Gasteiger partial charge in [-0.2, -0.15) is 0 Å². The van der Waals surface area contributed by atoms with Gasteiger partial charge in [-0.15, -0.1) is 0 Å². The Balaban J connectivity index is 2.00. The lowest BCUT2D eigenvalue weighted by atomic mass is 9.73. The number of nitrogens with zero attached hydrogens (tertiary/aromatic N) is 1. The predicted molar refractivity (Wildman–Crippen MR) is 60.5 cm³/mol. The van der Waals surface area contributed by atoms with Crippen LogP contribution in [0.15, 0.2) is 0 Å². The van der Waals surface area contributed by atoms with Gasteiger partial charge in [0, 0.05) is 18.1 Å². The summed E-state index contributed by atoms with van der Waals surface area (Å²) >= 11 is 0. The molecular formula is C12H24N2. The van der Waals surface area contributed by atoms with Crippen molar-refractivity contribution in [1.29, 1.82) is 0 Å². The minimum atomic E-state index is 0.598. The van der Waals surface area contributed by atoms with E-state index in [2.05, 4.69) is 24.1 Å². The molecule has 1 saturated heterocycles. The summed E-state index contributed by atoms with van der Waals surface area (Å²) in [5.41, 5.74) is 0.598. The summed E-state index contributed by atoms with van der Waals surface area (Å²) in [5.74, 6) is 0. The second-order valence-corrected chi connectivity index (χ2v) is 5.09. The normalized spacial score (nSPS) is 33.4. The molecule has 1 unspecified atom stereocenters. The van der Waals surface area contributed by atoms with Crippen LogP contribution in [0.2, 0.25) is 0 Å². The largest absolute Gasteiger partial charge is 0.313 e. The zero-order valence-electron chi connectivity index (χ0n) is 9.68. The number of rotatable bonds is 2. The molecule has 2 rings (SSSR count). The van der Waals surface area contributed by atoms with Crippen molar-refractivity contribution >= 4 is 0 Å². The van der Waals surface area contributed by atoms with E-state index in [9.17, 15) is 0 Å². The van der Waals surface area contributed by atoms with Crippen LogP contribution in [0.1, 0.15) is 46.0 Å². The van der Waals surface area contributed by atoms with Gasteiger partial charge in [0.2, 0.25) is 0 Å². The maximum atomic E-state index is 3.58. The van der Waals surface area contributed by atoms with E-state index >= 15 is 0 Å². The molecule has 1 aliphatic heterocycles. The van der Waals surface area contributed by atoms with Crippen LogP contribution < -0.4 is 5.32 Å². The van der Waals surface area contributed by atoms with E-state index < -0.39 is 0 Å². The Bertz CT molecular complexity index is 181. The van der Waals surface area contributed by atoms with E-state index in [0.717, 1.165) is 0 Å². The fraction of sp³-hybridized carbons (Fsp3) is 1.00. The van der Waals surface area contributed by atoms with E-state index in [1.165, 1.54) is 51.7 Å². The Morgan fingerprint density at radius 3 is 2.71 bits per heavy atom. The second-order valence-electron chi connectivity index (χ2n) is 5.09. The zero-order chi connectivity index (χ0) is 10.0. The van der Waals surface area contributed by atoms with Gasteiger partial charge in [-0.1, -0.05) is 6.92 Å². The van der Waals surface area contributed by atoms with Crippen LogP contribution in [0.4, 0.5) is 0 Å². The maximum Gasteiger partial charge on any atom is 0.0207 e. The summed E-state index contributed by atoms with van der Waals surface area (Å²) in [5, 5.41) is 3.58. The average Bonchev–Trinajstić information content (AvgIpc) is 2.30. The van der Waals surface area contributed by atoms with Crippen molar-refractivity contribution in [3.05, 3.63) is 0 Å². The molecule has 2 nitrogen and oxygen atoms in total. The molecule has 0 amide bonds. The highest BCUT2D eigenvalue weighted by atomic mass is 15.2. The molecule has 14 heavy (non-hydrogen) atoms. The van der Waals surface area contributed by atoms with Crippen molar-refractivity contribution in [3.63, 3.8) is 0 Å². The molecule has 0 aromatic carbocycles.